The molecule has 0 atom stereocenters. The highest BCUT2D eigenvalue weighted by molar-refractivity contribution is 7.91. The van der Waals surface area contributed by atoms with E-state index in [1.165, 1.54) is 10.7 Å². The number of thiophene rings is 1. The number of carbonyl (C=O) groups excluding carboxylic acids is 1. The number of sulfonamides is 1. The molecule has 0 radical (unpaired) electrons. The van der Waals surface area contributed by atoms with Gasteiger partial charge in [-0.25, -0.2) is 8.42 Å². The van der Waals surface area contributed by atoms with Crippen LogP contribution in [-0.2, 0) is 10.0 Å². The van der Waals surface area contributed by atoms with Crippen molar-refractivity contribution >= 4 is 38.9 Å². The highest BCUT2D eigenvalue weighted by Crippen LogP contribution is 2.37. The highest BCUT2D eigenvalue weighted by Gasteiger charge is 2.32. The second-order valence-electron chi connectivity index (χ2n) is 7.95. The Morgan fingerprint density at radius 2 is 1.94 bits per heavy atom. The number of hydrogen-bond donors (Lipinski definition) is 0. The van der Waals surface area contributed by atoms with Crippen LogP contribution in [0.1, 0.15) is 41.4 Å². The van der Waals surface area contributed by atoms with Crippen molar-refractivity contribution < 1.29 is 17.7 Å². The number of aromatic nitrogens is 2. The van der Waals surface area contributed by atoms with E-state index in [1.807, 2.05) is 0 Å². The number of hydrogen-bond acceptors (Lipinski definition) is 7. The van der Waals surface area contributed by atoms with Crippen molar-refractivity contribution in [2.24, 2.45) is 0 Å². The van der Waals surface area contributed by atoms with Gasteiger partial charge in [0.05, 0.1) is 0 Å². The molecular weight excluding hydrogens is 472 g/mol. The summed E-state index contributed by atoms with van der Waals surface area (Å²) in [4.78, 5) is 18.8. The molecule has 168 valence electrons. The minimum atomic E-state index is -3.67. The molecule has 0 unspecified atom stereocenters. The summed E-state index contributed by atoms with van der Waals surface area (Å²) in [5, 5.41) is 6.25. The topological polar surface area (TPSA) is 96.6 Å². The van der Waals surface area contributed by atoms with Crippen molar-refractivity contribution in [3.63, 3.8) is 0 Å². The molecule has 2 fully saturated rings. The van der Waals surface area contributed by atoms with Crippen LogP contribution in [0.4, 0.5) is 0 Å². The molecule has 3 heterocycles. The SMILES string of the molecule is O=C(c1cccc(Cl)c1)N1CCN(S(=O)(=O)c2cc(-c3noc(C4CCC4)n3)cs2)CC1. The molecule has 0 N–H and O–H groups in total. The van der Waals surface area contributed by atoms with E-state index in [2.05, 4.69) is 10.1 Å². The van der Waals surface area contributed by atoms with Crippen LogP contribution >= 0.6 is 22.9 Å². The van der Waals surface area contributed by atoms with E-state index in [9.17, 15) is 13.2 Å². The van der Waals surface area contributed by atoms with E-state index in [4.69, 9.17) is 16.1 Å². The minimum absolute atomic E-state index is 0.151. The molecule has 11 heteroatoms. The van der Waals surface area contributed by atoms with Crippen molar-refractivity contribution in [1.82, 2.24) is 19.3 Å². The molecule has 5 rings (SSSR count). The predicted molar refractivity (Wildman–Crippen MR) is 120 cm³/mol. The Labute approximate surface area is 194 Å². The van der Waals surface area contributed by atoms with E-state index >= 15 is 0 Å². The molecular formula is C21H21ClN4O4S2. The van der Waals surface area contributed by atoms with Gasteiger partial charge in [-0.1, -0.05) is 29.2 Å². The first-order valence-corrected chi connectivity index (χ1v) is 13.1. The summed E-state index contributed by atoms with van der Waals surface area (Å²) in [5.41, 5.74) is 1.13. The van der Waals surface area contributed by atoms with E-state index in [0.717, 1.165) is 24.2 Å². The Morgan fingerprint density at radius 3 is 2.62 bits per heavy atom. The summed E-state index contributed by atoms with van der Waals surface area (Å²) in [6.45, 7) is 1.10. The summed E-state index contributed by atoms with van der Waals surface area (Å²) >= 11 is 7.12. The Kier molecular flexibility index (Phi) is 5.79. The molecule has 0 bridgehead atoms. The summed E-state index contributed by atoms with van der Waals surface area (Å²) in [5.74, 6) is 1.22. The Balaban J connectivity index is 1.26. The number of rotatable bonds is 5. The van der Waals surface area contributed by atoms with Crippen LogP contribution < -0.4 is 0 Å². The smallest absolute Gasteiger partial charge is 0.253 e. The van der Waals surface area contributed by atoms with Gasteiger partial charge < -0.3 is 9.42 Å². The zero-order valence-corrected chi connectivity index (χ0v) is 19.5. The largest absolute Gasteiger partial charge is 0.339 e. The van der Waals surface area contributed by atoms with Gasteiger partial charge in [-0.05, 0) is 37.1 Å². The van der Waals surface area contributed by atoms with Gasteiger partial charge in [0.2, 0.25) is 11.7 Å². The maximum absolute atomic E-state index is 13.1. The molecule has 3 aromatic rings. The normalized spacial score (nSPS) is 18.0. The monoisotopic (exact) mass is 492 g/mol. The van der Waals surface area contributed by atoms with Crippen molar-refractivity contribution in [1.29, 1.82) is 0 Å². The van der Waals surface area contributed by atoms with Gasteiger partial charge in [0, 0.05) is 53.6 Å². The van der Waals surface area contributed by atoms with Gasteiger partial charge in [0.15, 0.2) is 0 Å². The fourth-order valence-corrected chi connectivity index (χ4v) is 6.73. The summed E-state index contributed by atoms with van der Waals surface area (Å²) in [7, 11) is -3.67. The Morgan fingerprint density at radius 1 is 1.16 bits per heavy atom. The highest BCUT2D eigenvalue weighted by atomic mass is 35.5. The number of nitrogens with zero attached hydrogens (tertiary/aromatic N) is 4. The van der Waals surface area contributed by atoms with Crippen LogP contribution in [-0.4, -0.2) is 59.8 Å². The van der Waals surface area contributed by atoms with Gasteiger partial charge >= 0.3 is 0 Å². The standard InChI is InChI=1S/C21H21ClN4O4S2/c22-17-6-2-5-15(11-17)21(27)25-7-9-26(10-8-25)32(28,29)18-12-16(13-31-18)19-23-20(30-24-19)14-3-1-4-14/h2,5-6,11-14H,1,3-4,7-10H2. The van der Waals surface area contributed by atoms with E-state index in [0.29, 0.717) is 46.9 Å². The lowest BCUT2D eigenvalue weighted by atomic mass is 9.85. The minimum Gasteiger partial charge on any atom is -0.339 e. The first kappa shape index (κ1) is 21.6. The first-order chi connectivity index (χ1) is 15.4. The van der Waals surface area contributed by atoms with Crippen LogP contribution in [0, 0.1) is 0 Å². The molecule has 1 aliphatic heterocycles. The third kappa shape index (κ3) is 4.07. The van der Waals surface area contributed by atoms with Gasteiger partial charge in [-0.15, -0.1) is 11.3 Å². The lowest BCUT2D eigenvalue weighted by Gasteiger charge is -2.33. The first-order valence-electron chi connectivity index (χ1n) is 10.4. The van der Waals surface area contributed by atoms with Crippen molar-refractivity contribution in [2.45, 2.75) is 29.4 Å². The van der Waals surface area contributed by atoms with Crippen molar-refractivity contribution in [3.05, 3.63) is 52.2 Å². The summed E-state index contributed by atoms with van der Waals surface area (Å²) < 4.78 is 33.3. The number of carbonyl (C=O) groups is 1. The summed E-state index contributed by atoms with van der Waals surface area (Å²) in [6.07, 6.45) is 3.27. The fourth-order valence-electron chi connectivity index (χ4n) is 3.81. The average Bonchev–Trinajstić information content (AvgIpc) is 3.42. The third-order valence-corrected chi connectivity index (χ3v) is 9.47. The lowest BCUT2D eigenvalue weighted by Crippen LogP contribution is -2.50. The molecule has 0 spiro atoms. The number of amides is 1. The van der Waals surface area contributed by atoms with E-state index in [-0.39, 0.29) is 23.2 Å². The van der Waals surface area contributed by atoms with Crippen LogP contribution in [0.5, 0.6) is 0 Å². The average molecular weight is 493 g/mol. The number of halogens is 1. The van der Waals surface area contributed by atoms with Gasteiger partial charge in [-0.2, -0.15) is 9.29 Å². The zero-order chi connectivity index (χ0) is 22.3. The molecule has 1 aromatic carbocycles. The quantitative estimate of drug-likeness (QED) is 0.536. The third-order valence-electron chi connectivity index (χ3n) is 5.92. The maximum Gasteiger partial charge on any atom is 0.253 e. The van der Waals surface area contributed by atoms with Crippen LogP contribution in [0.15, 0.2) is 44.4 Å². The van der Waals surface area contributed by atoms with Gasteiger partial charge in [0.25, 0.3) is 15.9 Å². The molecule has 2 aromatic heterocycles. The van der Waals surface area contributed by atoms with Gasteiger partial charge in [0.1, 0.15) is 4.21 Å². The Bertz CT molecular complexity index is 1240. The zero-order valence-electron chi connectivity index (χ0n) is 17.1. The molecule has 1 amide bonds. The van der Waals surface area contributed by atoms with Crippen molar-refractivity contribution in [2.75, 3.05) is 26.2 Å². The lowest BCUT2D eigenvalue weighted by molar-refractivity contribution is 0.0698. The van der Waals surface area contributed by atoms with Crippen LogP contribution in [0.3, 0.4) is 0 Å². The van der Waals surface area contributed by atoms with Crippen LogP contribution in [0.25, 0.3) is 11.4 Å². The number of piperazine rings is 1. The second kappa shape index (κ2) is 8.58. The molecule has 1 saturated carbocycles. The number of benzene rings is 1. The fraction of sp³-hybridized carbons (Fsp3) is 0.381. The molecule has 2 aliphatic rings. The molecule has 1 saturated heterocycles. The van der Waals surface area contributed by atoms with Gasteiger partial charge in [-0.3, -0.25) is 4.79 Å². The van der Waals surface area contributed by atoms with Crippen LogP contribution in [0.2, 0.25) is 5.02 Å². The molecule has 32 heavy (non-hydrogen) atoms. The van der Waals surface area contributed by atoms with Crippen molar-refractivity contribution in [3.8, 4) is 11.4 Å². The summed E-state index contributed by atoms with van der Waals surface area (Å²) in [6, 6.07) is 8.36. The molecule has 1 aliphatic carbocycles. The predicted octanol–water partition coefficient (Wildman–Crippen LogP) is 3.87. The van der Waals surface area contributed by atoms with E-state index < -0.39 is 10.0 Å². The Hall–Kier alpha value is -2.27. The van der Waals surface area contributed by atoms with E-state index in [1.54, 1.807) is 40.6 Å². The maximum atomic E-state index is 13.1. The second-order valence-corrected chi connectivity index (χ2v) is 11.5. The molecule has 8 nitrogen and oxygen atoms in total.